The van der Waals surface area contributed by atoms with Gasteiger partial charge in [0.1, 0.15) is 6.04 Å². The zero-order valence-corrected chi connectivity index (χ0v) is 19.7. The highest BCUT2D eigenvalue weighted by Gasteiger charge is 2.35. The highest BCUT2D eigenvalue weighted by Crippen LogP contribution is 2.24. The number of likely N-dealkylation sites (tertiary alicyclic amines) is 1. The first-order chi connectivity index (χ1) is 15.8. The Hall–Kier alpha value is -3.42. The smallest absolute Gasteiger partial charge is 0.317 e. The molecule has 1 aliphatic rings. The normalized spacial score (nSPS) is 16.4. The third kappa shape index (κ3) is 6.09. The standard InChI is InChI=1S/C25H33N5O3/c1-17(2)19-12-13-20(26-15-19)23(18-9-6-5-7-10-18)28-24(32)21-11-8-14-30(21)22(31)16-27-25(33)29(3)4/h5-7,9-10,12-13,15,17,21,23H,8,11,14,16H2,1-4H3,(H,27,33)(H,28,32)/t21-,23-/m0/s1. The van der Waals surface area contributed by atoms with Crippen LogP contribution < -0.4 is 10.6 Å². The lowest BCUT2D eigenvalue weighted by molar-refractivity contribution is -0.137. The summed E-state index contributed by atoms with van der Waals surface area (Å²) in [7, 11) is 3.22. The number of benzene rings is 1. The zero-order valence-electron chi connectivity index (χ0n) is 19.7. The lowest BCUT2D eigenvalue weighted by Gasteiger charge is -2.27. The van der Waals surface area contributed by atoms with Crippen molar-refractivity contribution < 1.29 is 14.4 Å². The van der Waals surface area contributed by atoms with Crippen molar-refractivity contribution in [1.82, 2.24) is 25.4 Å². The van der Waals surface area contributed by atoms with Crippen LogP contribution in [0.2, 0.25) is 0 Å². The van der Waals surface area contributed by atoms with Crippen molar-refractivity contribution in [3.63, 3.8) is 0 Å². The molecule has 1 aromatic carbocycles. The van der Waals surface area contributed by atoms with Gasteiger partial charge in [-0.1, -0.05) is 50.2 Å². The first-order valence-electron chi connectivity index (χ1n) is 11.3. The second-order valence-electron chi connectivity index (χ2n) is 8.82. The molecular weight excluding hydrogens is 418 g/mol. The van der Waals surface area contributed by atoms with Gasteiger partial charge < -0.3 is 20.4 Å². The maximum atomic E-state index is 13.3. The Morgan fingerprint density at radius 2 is 1.82 bits per heavy atom. The van der Waals surface area contributed by atoms with Crippen molar-refractivity contribution in [2.75, 3.05) is 27.2 Å². The highest BCUT2D eigenvalue weighted by atomic mass is 16.2. The van der Waals surface area contributed by atoms with Crippen LogP contribution in [-0.2, 0) is 9.59 Å². The number of carbonyl (C=O) groups excluding carboxylic acids is 3. The minimum absolute atomic E-state index is 0.138. The molecule has 0 spiro atoms. The summed E-state index contributed by atoms with van der Waals surface area (Å²) < 4.78 is 0. The molecule has 2 N–H and O–H groups in total. The third-order valence-electron chi connectivity index (χ3n) is 5.86. The SMILES string of the molecule is CC(C)c1ccc([C@@H](NC(=O)[C@@H]2CCCN2C(=O)CNC(=O)N(C)C)c2ccccc2)nc1. The summed E-state index contributed by atoms with van der Waals surface area (Å²) in [6, 6.07) is 12.3. The van der Waals surface area contributed by atoms with E-state index in [9.17, 15) is 14.4 Å². The first kappa shape index (κ1) is 24.2. The number of carbonyl (C=O) groups is 3. The lowest BCUT2D eigenvalue weighted by atomic mass is 10.00. The predicted octanol–water partition coefficient (Wildman–Crippen LogP) is 2.67. The minimum Gasteiger partial charge on any atom is -0.342 e. The highest BCUT2D eigenvalue weighted by molar-refractivity contribution is 5.90. The summed E-state index contributed by atoms with van der Waals surface area (Å²) >= 11 is 0. The minimum atomic E-state index is -0.574. The number of nitrogens with zero attached hydrogens (tertiary/aromatic N) is 3. The summed E-state index contributed by atoms with van der Waals surface area (Å²) in [6.07, 6.45) is 3.17. The monoisotopic (exact) mass is 451 g/mol. The van der Waals surface area contributed by atoms with Gasteiger partial charge in [-0.2, -0.15) is 0 Å². The van der Waals surface area contributed by atoms with E-state index in [1.165, 1.54) is 4.90 Å². The molecule has 0 radical (unpaired) electrons. The molecule has 8 nitrogen and oxygen atoms in total. The summed E-state index contributed by atoms with van der Waals surface area (Å²) in [4.78, 5) is 45.3. The third-order valence-corrected chi connectivity index (χ3v) is 5.86. The van der Waals surface area contributed by atoms with Crippen LogP contribution in [-0.4, -0.2) is 65.9 Å². The van der Waals surface area contributed by atoms with E-state index in [2.05, 4.69) is 29.5 Å². The molecule has 2 atom stereocenters. The molecule has 2 heterocycles. The van der Waals surface area contributed by atoms with Crippen molar-refractivity contribution >= 4 is 17.8 Å². The van der Waals surface area contributed by atoms with Crippen molar-refractivity contribution in [3.8, 4) is 0 Å². The predicted molar refractivity (Wildman–Crippen MR) is 127 cm³/mol. The number of urea groups is 1. The molecule has 1 aromatic heterocycles. The van der Waals surface area contributed by atoms with Crippen molar-refractivity contribution in [1.29, 1.82) is 0 Å². The number of amides is 4. The van der Waals surface area contributed by atoms with E-state index in [0.717, 1.165) is 23.2 Å². The van der Waals surface area contributed by atoms with Crippen LogP contribution in [0.5, 0.6) is 0 Å². The zero-order chi connectivity index (χ0) is 24.0. The van der Waals surface area contributed by atoms with Gasteiger partial charge in [-0.25, -0.2) is 4.79 Å². The molecule has 33 heavy (non-hydrogen) atoms. The van der Waals surface area contributed by atoms with Gasteiger partial charge in [0.25, 0.3) is 0 Å². The summed E-state index contributed by atoms with van der Waals surface area (Å²) in [6.45, 7) is 4.58. The molecule has 176 valence electrons. The Kier molecular flexibility index (Phi) is 8.03. The number of nitrogens with one attached hydrogen (secondary N) is 2. The number of hydrogen-bond acceptors (Lipinski definition) is 4. The number of rotatable bonds is 7. The maximum Gasteiger partial charge on any atom is 0.317 e. The van der Waals surface area contributed by atoms with E-state index in [1.54, 1.807) is 19.0 Å². The fourth-order valence-corrected chi connectivity index (χ4v) is 3.89. The Morgan fingerprint density at radius 3 is 2.42 bits per heavy atom. The molecule has 1 fully saturated rings. The molecule has 3 rings (SSSR count). The van der Waals surface area contributed by atoms with E-state index in [0.29, 0.717) is 18.9 Å². The molecule has 8 heteroatoms. The van der Waals surface area contributed by atoms with Gasteiger partial charge in [0.15, 0.2) is 0 Å². The molecule has 2 aromatic rings. The summed E-state index contributed by atoms with van der Waals surface area (Å²) in [5.74, 6) is -0.121. The van der Waals surface area contributed by atoms with E-state index in [1.807, 2.05) is 48.7 Å². The van der Waals surface area contributed by atoms with Crippen LogP contribution in [0.15, 0.2) is 48.7 Å². The van der Waals surface area contributed by atoms with Gasteiger partial charge in [-0.15, -0.1) is 0 Å². The van der Waals surface area contributed by atoms with Crippen molar-refractivity contribution in [3.05, 3.63) is 65.5 Å². The van der Waals surface area contributed by atoms with E-state index in [-0.39, 0.29) is 24.4 Å². The van der Waals surface area contributed by atoms with Gasteiger partial charge in [0.2, 0.25) is 11.8 Å². The fourth-order valence-electron chi connectivity index (χ4n) is 3.89. The topological polar surface area (TPSA) is 94.6 Å². The molecule has 1 saturated heterocycles. The van der Waals surface area contributed by atoms with Crippen LogP contribution in [0.1, 0.15) is 55.5 Å². The molecule has 0 aliphatic carbocycles. The molecular formula is C25H33N5O3. The van der Waals surface area contributed by atoms with Gasteiger partial charge in [0.05, 0.1) is 18.3 Å². The van der Waals surface area contributed by atoms with Gasteiger partial charge in [-0.3, -0.25) is 14.6 Å². The van der Waals surface area contributed by atoms with Crippen LogP contribution in [0.3, 0.4) is 0 Å². The molecule has 1 aliphatic heterocycles. The number of pyridine rings is 1. The quantitative estimate of drug-likeness (QED) is 0.677. The van der Waals surface area contributed by atoms with E-state index in [4.69, 9.17) is 0 Å². The van der Waals surface area contributed by atoms with E-state index < -0.39 is 12.1 Å². The van der Waals surface area contributed by atoms with Crippen LogP contribution in [0.25, 0.3) is 0 Å². The Bertz CT molecular complexity index is 960. The number of aromatic nitrogens is 1. The van der Waals surface area contributed by atoms with Crippen molar-refractivity contribution in [2.45, 2.75) is 44.7 Å². The van der Waals surface area contributed by atoms with Gasteiger partial charge in [0, 0.05) is 26.8 Å². The van der Waals surface area contributed by atoms with Crippen molar-refractivity contribution in [2.24, 2.45) is 0 Å². The molecule has 0 unspecified atom stereocenters. The van der Waals surface area contributed by atoms with E-state index >= 15 is 0 Å². The van der Waals surface area contributed by atoms with Gasteiger partial charge >= 0.3 is 6.03 Å². The average molecular weight is 452 g/mol. The summed E-state index contributed by atoms with van der Waals surface area (Å²) in [5.41, 5.74) is 2.79. The average Bonchev–Trinajstić information content (AvgIpc) is 3.31. The fraction of sp³-hybridized carbons (Fsp3) is 0.440. The largest absolute Gasteiger partial charge is 0.342 e. The van der Waals surface area contributed by atoms with Gasteiger partial charge in [-0.05, 0) is 36.0 Å². The Balaban J connectivity index is 1.76. The number of hydrogen-bond donors (Lipinski definition) is 2. The second-order valence-corrected chi connectivity index (χ2v) is 8.82. The molecule has 4 amide bonds. The van der Waals surface area contributed by atoms with Crippen LogP contribution in [0.4, 0.5) is 4.79 Å². The maximum absolute atomic E-state index is 13.3. The van der Waals surface area contributed by atoms with Crippen LogP contribution in [0, 0.1) is 0 Å². The molecule has 0 saturated carbocycles. The van der Waals surface area contributed by atoms with Crippen LogP contribution >= 0.6 is 0 Å². The molecule has 0 bridgehead atoms. The first-order valence-corrected chi connectivity index (χ1v) is 11.3. The second kappa shape index (κ2) is 10.9. The summed E-state index contributed by atoms with van der Waals surface area (Å²) in [5, 5.41) is 5.70. The Morgan fingerprint density at radius 1 is 1.09 bits per heavy atom. The lowest BCUT2D eigenvalue weighted by Crippen LogP contribution is -2.50. The Labute approximate surface area is 195 Å².